The van der Waals surface area contributed by atoms with Gasteiger partial charge in [-0.2, -0.15) is 5.26 Å². The highest BCUT2D eigenvalue weighted by molar-refractivity contribution is 5.86. The number of hydrogen-bond acceptors (Lipinski definition) is 10. The van der Waals surface area contributed by atoms with Gasteiger partial charge in [-0.15, -0.1) is 0 Å². The van der Waals surface area contributed by atoms with Crippen LogP contribution in [0, 0.1) is 22.1 Å². The SMILES string of the molecule is C=N.C=N.C[C@@H]1CN(c2ncnc3c2C2(CCC2)CN3c2cc(C#N)ccn2)[C@@H](C)CN1C(=O)C(C)(C)N. The molecule has 1 saturated carbocycles. The maximum atomic E-state index is 12.9. The van der Waals surface area contributed by atoms with Gasteiger partial charge in [0.25, 0.3) is 0 Å². The number of rotatable bonds is 3. The Morgan fingerprint density at radius 2 is 1.79 bits per heavy atom. The van der Waals surface area contributed by atoms with Crippen LogP contribution in [0.4, 0.5) is 17.5 Å². The Hall–Kier alpha value is -3.91. The van der Waals surface area contributed by atoms with Crippen molar-refractivity contribution in [3.63, 3.8) is 0 Å². The molecule has 1 amide bonds. The molecule has 1 aliphatic carbocycles. The molecule has 38 heavy (non-hydrogen) atoms. The number of nitrogens with one attached hydrogen (secondary N) is 2. The number of nitriles is 1. The standard InChI is InChI=1S/C25H32N8O.2CH3N/c1-16-13-32(23(34)24(3,4)27)17(2)12-31(16)21-20-22(30-15-29-21)33(14-25(20)7-5-8-25)19-10-18(11-26)6-9-28-19;2*1-2/h6,9-10,15-17H,5,7-8,12-14,27H2,1-4H3;2*2H,1H2/t16-,17+;;/m0../s1. The van der Waals surface area contributed by atoms with Gasteiger partial charge in [-0.25, -0.2) is 15.0 Å². The second kappa shape index (κ2) is 11.2. The maximum absolute atomic E-state index is 12.9. The van der Waals surface area contributed by atoms with Crippen molar-refractivity contribution in [2.75, 3.05) is 29.4 Å². The average Bonchev–Trinajstić information content (AvgIpc) is 3.28. The normalized spacial score (nSPS) is 21.2. The number of nitrogens with two attached hydrogens (primary N) is 1. The van der Waals surface area contributed by atoms with Crippen molar-refractivity contribution in [3.05, 3.63) is 35.8 Å². The Morgan fingerprint density at radius 3 is 2.37 bits per heavy atom. The molecule has 2 aliphatic heterocycles. The molecular weight excluding hydrogens is 480 g/mol. The van der Waals surface area contributed by atoms with E-state index >= 15 is 0 Å². The van der Waals surface area contributed by atoms with Crippen LogP contribution >= 0.6 is 0 Å². The van der Waals surface area contributed by atoms with Gasteiger partial charge in [-0.1, -0.05) is 6.42 Å². The van der Waals surface area contributed by atoms with Gasteiger partial charge in [0, 0.05) is 48.9 Å². The van der Waals surface area contributed by atoms with E-state index < -0.39 is 5.54 Å². The van der Waals surface area contributed by atoms with Gasteiger partial charge in [0.1, 0.15) is 23.8 Å². The highest BCUT2D eigenvalue weighted by Crippen LogP contribution is 2.56. The van der Waals surface area contributed by atoms with Crippen molar-refractivity contribution < 1.29 is 4.79 Å². The van der Waals surface area contributed by atoms with E-state index in [9.17, 15) is 10.1 Å². The fourth-order valence-electron chi connectivity index (χ4n) is 5.63. The summed E-state index contributed by atoms with van der Waals surface area (Å²) in [5.74, 6) is 2.57. The van der Waals surface area contributed by atoms with Crippen LogP contribution in [0.2, 0.25) is 0 Å². The Labute approximate surface area is 224 Å². The summed E-state index contributed by atoms with van der Waals surface area (Å²) < 4.78 is 0. The molecule has 1 spiro atoms. The Kier molecular flexibility index (Phi) is 8.47. The first-order chi connectivity index (χ1) is 18.1. The Morgan fingerprint density at radius 1 is 1.13 bits per heavy atom. The number of fused-ring (bicyclic) bond motifs is 2. The monoisotopic (exact) mass is 518 g/mol. The van der Waals surface area contributed by atoms with Crippen LogP contribution < -0.4 is 15.5 Å². The van der Waals surface area contributed by atoms with Crippen LogP contribution in [0.1, 0.15) is 58.1 Å². The molecule has 202 valence electrons. The zero-order valence-corrected chi connectivity index (χ0v) is 22.7. The third kappa shape index (κ3) is 4.96. The van der Waals surface area contributed by atoms with E-state index in [0.717, 1.165) is 36.8 Å². The van der Waals surface area contributed by atoms with Gasteiger partial charge in [0.15, 0.2) is 0 Å². The largest absolute Gasteiger partial charge is 0.350 e. The van der Waals surface area contributed by atoms with Crippen molar-refractivity contribution in [1.82, 2.24) is 19.9 Å². The van der Waals surface area contributed by atoms with Gasteiger partial charge in [0.05, 0.1) is 17.2 Å². The molecule has 0 bridgehead atoms. The summed E-state index contributed by atoms with van der Waals surface area (Å²) >= 11 is 0. The van der Waals surface area contributed by atoms with Crippen molar-refractivity contribution in [2.24, 2.45) is 5.73 Å². The molecule has 1 saturated heterocycles. The molecule has 11 heteroatoms. The molecule has 2 aromatic heterocycles. The van der Waals surface area contributed by atoms with Gasteiger partial charge < -0.3 is 31.3 Å². The van der Waals surface area contributed by atoms with E-state index in [1.54, 1.807) is 32.4 Å². The number of hydrogen-bond donors (Lipinski definition) is 3. The number of anilines is 3. The van der Waals surface area contributed by atoms with E-state index in [1.807, 2.05) is 11.0 Å². The number of nitrogens with zero attached hydrogens (tertiary/aromatic N) is 7. The summed E-state index contributed by atoms with van der Waals surface area (Å²) in [5.41, 5.74) is 7.00. The number of pyridine rings is 1. The van der Waals surface area contributed by atoms with Crippen LogP contribution in [0.3, 0.4) is 0 Å². The second-order valence-corrected chi connectivity index (χ2v) is 10.7. The fourth-order valence-corrected chi connectivity index (χ4v) is 5.63. The van der Waals surface area contributed by atoms with E-state index in [1.165, 1.54) is 12.0 Å². The van der Waals surface area contributed by atoms with Crippen molar-refractivity contribution in [2.45, 2.75) is 70.0 Å². The van der Waals surface area contributed by atoms with Crippen LogP contribution in [0.5, 0.6) is 0 Å². The lowest BCUT2D eigenvalue weighted by Gasteiger charge is -2.48. The topological polar surface area (TPSA) is 163 Å². The average molecular weight is 519 g/mol. The Bertz CT molecular complexity index is 1200. The molecule has 4 heterocycles. The third-order valence-corrected chi connectivity index (χ3v) is 7.59. The Balaban J connectivity index is 0.000000956. The third-order valence-electron chi connectivity index (χ3n) is 7.59. The molecule has 0 radical (unpaired) electrons. The maximum Gasteiger partial charge on any atom is 0.242 e. The van der Waals surface area contributed by atoms with Crippen molar-refractivity contribution in [3.8, 4) is 6.07 Å². The lowest BCUT2D eigenvalue weighted by atomic mass is 9.66. The lowest BCUT2D eigenvalue weighted by Crippen LogP contribution is -2.63. The summed E-state index contributed by atoms with van der Waals surface area (Å²) in [7, 11) is 0. The summed E-state index contributed by atoms with van der Waals surface area (Å²) in [4.78, 5) is 33.4. The first kappa shape index (κ1) is 28.7. The van der Waals surface area contributed by atoms with Crippen LogP contribution in [0.25, 0.3) is 0 Å². The summed E-state index contributed by atoms with van der Waals surface area (Å²) in [6.45, 7) is 14.8. The highest BCUT2D eigenvalue weighted by atomic mass is 16.2. The van der Waals surface area contributed by atoms with Crippen molar-refractivity contribution >= 4 is 36.8 Å². The molecule has 2 aromatic rings. The molecule has 3 aliphatic rings. The van der Waals surface area contributed by atoms with Gasteiger partial charge in [-0.3, -0.25) is 4.79 Å². The molecule has 2 fully saturated rings. The minimum Gasteiger partial charge on any atom is -0.350 e. The van der Waals surface area contributed by atoms with E-state index in [2.05, 4.69) is 48.1 Å². The van der Waals surface area contributed by atoms with E-state index in [0.29, 0.717) is 18.7 Å². The molecule has 0 unspecified atom stereocenters. The molecule has 5 rings (SSSR count). The predicted octanol–water partition coefficient (Wildman–Crippen LogP) is 3.01. The second-order valence-electron chi connectivity index (χ2n) is 10.7. The number of carbonyl (C=O) groups is 1. The van der Waals surface area contributed by atoms with Gasteiger partial charge in [0.2, 0.25) is 5.91 Å². The zero-order valence-electron chi connectivity index (χ0n) is 22.7. The molecule has 11 nitrogen and oxygen atoms in total. The highest BCUT2D eigenvalue weighted by Gasteiger charge is 2.52. The fraction of sp³-hybridized carbons (Fsp3) is 0.519. The summed E-state index contributed by atoms with van der Waals surface area (Å²) in [6.07, 6.45) is 6.65. The minimum absolute atomic E-state index is 0.00852. The number of amides is 1. The minimum atomic E-state index is -0.895. The quantitative estimate of drug-likeness (QED) is 0.522. The van der Waals surface area contributed by atoms with Crippen LogP contribution in [-0.4, -0.2) is 76.5 Å². The first-order valence-electron chi connectivity index (χ1n) is 12.7. The summed E-state index contributed by atoms with van der Waals surface area (Å²) in [5, 5.41) is 20.4. The zero-order chi connectivity index (χ0) is 28.3. The predicted molar refractivity (Wildman–Crippen MR) is 149 cm³/mol. The summed E-state index contributed by atoms with van der Waals surface area (Å²) in [6, 6.07) is 5.86. The van der Waals surface area contributed by atoms with E-state index in [4.69, 9.17) is 26.5 Å². The van der Waals surface area contributed by atoms with Crippen LogP contribution in [0.15, 0.2) is 24.7 Å². The molecule has 4 N–H and O–H groups in total. The van der Waals surface area contributed by atoms with Gasteiger partial charge >= 0.3 is 0 Å². The number of piperazine rings is 1. The number of carbonyl (C=O) groups excluding carboxylic acids is 1. The molecule has 2 atom stereocenters. The van der Waals surface area contributed by atoms with E-state index in [-0.39, 0.29) is 23.4 Å². The van der Waals surface area contributed by atoms with Crippen LogP contribution in [-0.2, 0) is 10.2 Å². The molecular formula is C27H38N10O. The smallest absolute Gasteiger partial charge is 0.242 e. The first-order valence-corrected chi connectivity index (χ1v) is 12.7. The lowest BCUT2D eigenvalue weighted by molar-refractivity contribution is -0.138. The number of aromatic nitrogens is 3. The molecule has 0 aromatic carbocycles. The van der Waals surface area contributed by atoms with Gasteiger partial charge in [-0.05, 0) is 66.1 Å². The van der Waals surface area contributed by atoms with Crippen molar-refractivity contribution in [1.29, 1.82) is 16.1 Å².